The normalized spacial score (nSPS) is 14.7. The average molecular weight is 301 g/mol. The first-order valence-corrected chi connectivity index (χ1v) is 7.82. The van der Waals surface area contributed by atoms with Crippen LogP contribution in [0.25, 0.3) is 11.6 Å². The van der Waals surface area contributed by atoms with Crippen LogP contribution in [0, 0.1) is 11.3 Å². The summed E-state index contributed by atoms with van der Waals surface area (Å²) in [4.78, 5) is 5.97. The van der Waals surface area contributed by atoms with Gasteiger partial charge < -0.3 is 0 Å². The fraction of sp³-hybridized carbons (Fsp3) is 0.250. The highest BCUT2D eigenvalue weighted by Crippen LogP contribution is 2.31. The largest absolute Gasteiger partial charge is 0.240 e. The Morgan fingerprint density at radius 1 is 1.30 bits per heavy atom. The van der Waals surface area contributed by atoms with Gasteiger partial charge >= 0.3 is 0 Å². The van der Waals surface area contributed by atoms with Crippen LogP contribution in [0.3, 0.4) is 0 Å². The number of allylic oxidation sites excluding steroid dienone is 1. The molecule has 20 heavy (non-hydrogen) atoms. The van der Waals surface area contributed by atoms with Crippen LogP contribution < -0.4 is 0 Å². The maximum atomic E-state index is 9.40. The molecule has 0 aliphatic heterocycles. The molecule has 1 heterocycles. The Bertz CT molecular complexity index is 686. The molecule has 0 radical (unpaired) electrons. The summed E-state index contributed by atoms with van der Waals surface area (Å²) in [7, 11) is 0. The number of nitriles is 1. The van der Waals surface area contributed by atoms with Crippen LogP contribution in [0.4, 0.5) is 0 Å². The number of hydrogen-bond acceptors (Lipinski definition) is 3. The van der Waals surface area contributed by atoms with E-state index in [0.717, 1.165) is 23.4 Å². The summed E-state index contributed by atoms with van der Waals surface area (Å²) in [6.45, 7) is 0. The number of aromatic nitrogens is 1. The molecule has 0 amide bonds. The molecule has 0 fully saturated rings. The number of benzene rings is 1. The lowest BCUT2D eigenvalue weighted by molar-refractivity contribution is 0.682. The molecule has 0 atom stereocenters. The third-order valence-corrected chi connectivity index (χ3v) is 4.94. The molecule has 1 aromatic heterocycles. The van der Waals surface area contributed by atoms with E-state index < -0.39 is 0 Å². The van der Waals surface area contributed by atoms with E-state index in [1.165, 1.54) is 23.4 Å². The Labute approximate surface area is 127 Å². The van der Waals surface area contributed by atoms with Gasteiger partial charge in [0.2, 0.25) is 0 Å². The Morgan fingerprint density at radius 3 is 2.85 bits per heavy atom. The Hall–Kier alpha value is -1.63. The van der Waals surface area contributed by atoms with Crippen molar-refractivity contribution in [1.29, 1.82) is 5.26 Å². The molecular weight excluding hydrogens is 288 g/mol. The van der Waals surface area contributed by atoms with Gasteiger partial charge in [-0.2, -0.15) is 5.26 Å². The van der Waals surface area contributed by atoms with Crippen LogP contribution in [-0.4, -0.2) is 4.98 Å². The molecule has 0 N–H and O–H groups in total. The van der Waals surface area contributed by atoms with Crippen LogP contribution in [0.2, 0.25) is 5.02 Å². The third kappa shape index (κ3) is 2.63. The minimum atomic E-state index is 0.595. The predicted molar refractivity (Wildman–Crippen MR) is 83.7 cm³/mol. The SMILES string of the molecule is N#C/C(=C/c1ccccc1Cl)c1nc2c(s1)CCCC2. The zero-order valence-electron chi connectivity index (χ0n) is 10.9. The van der Waals surface area contributed by atoms with E-state index in [4.69, 9.17) is 11.6 Å². The van der Waals surface area contributed by atoms with Crippen molar-refractivity contribution in [2.75, 3.05) is 0 Å². The van der Waals surface area contributed by atoms with E-state index in [1.807, 2.05) is 30.3 Å². The molecule has 0 saturated carbocycles. The molecule has 2 aromatic rings. The zero-order chi connectivity index (χ0) is 13.9. The van der Waals surface area contributed by atoms with Crippen molar-refractivity contribution in [1.82, 2.24) is 4.98 Å². The molecule has 1 aliphatic carbocycles. The first kappa shape index (κ1) is 13.4. The monoisotopic (exact) mass is 300 g/mol. The lowest BCUT2D eigenvalue weighted by Gasteiger charge is -2.06. The summed E-state index contributed by atoms with van der Waals surface area (Å²) in [5.41, 5.74) is 2.63. The molecule has 1 aromatic carbocycles. The Balaban J connectivity index is 2.00. The lowest BCUT2D eigenvalue weighted by Crippen LogP contribution is -1.99. The van der Waals surface area contributed by atoms with E-state index in [1.54, 1.807) is 11.3 Å². The van der Waals surface area contributed by atoms with Gasteiger partial charge in [0.05, 0.1) is 11.3 Å². The van der Waals surface area contributed by atoms with Crippen molar-refractivity contribution in [3.05, 3.63) is 50.4 Å². The number of nitrogens with zero attached hydrogens (tertiary/aromatic N) is 2. The van der Waals surface area contributed by atoms with Crippen molar-refractivity contribution in [3.8, 4) is 6.07 Å². The van der Waals surface area contributed by atoms with Crippen LogP contribution in [0.15, 0.2) is 24.3 Å². The van der Waals surface area contributed by atoms with Crippen molar-refractivity contribution >= 4 is 34.6 Å². The summed E-state index contributed by atoms with van der Waals surface area (Å²) in [5.74, 6) is 0. The second kappa shape index (κ2) is 5.78. The maximum absolute atomic E-state index is 9.40. The average Bonchev–Trinajstić information content (AvgIpc) is 2.90. The maximum Gasteiger partial charge on any atom is 0.134 e. The number of fused-ring (bicyclic) bond motifs is 1. The number of aryl methyl sites for hydroxylation is 2. The van der Waals surface area contributed by atoms with Gasteiger partial charge in [-0.3, -0.25) is 0 Å². The van der Waals surface area contributed by atoms with E-state index in [0.29, 0.717) is 10.6 Å². The molecule has 0 spiro atoms. The number of halogens is 1. The highest BCUT2D eigenvalue weighted by Gasteiger charge is 2.17. The summed E-state index contributed by atoms with van der Waals surface area (Å²) >= 11 is 7.79. The smallest absolute Gasteiger partial charge is 0.134 e. The summed E-state index contributed by atoms with van der Waals surface area (Å²) in [6.07, 6.45) is 6.39. The standard InChI is InChI=1S/C16H13ClN2S/c17-13-6-2-1-5-11(13)9-12(10-18)16-19-14-7-3-4-8-15(14)20-16/h1-2,5-6,9H,3-4,7-8H2/b12-9-. The predicted octanol–water partition coefficient (Wildman–Crippen LogP) is 4.74. The minimum Gasteiger partial charge on any atom is -0.240 e. The Morgan fingerprint density at radius 2 is 2.10 bits per heavy atom. The molecule has 1 aliphatic rings. The van der Waals surface area contributed by atoms with Crippen molar-refractivity contribution in [2.45, 2.75) is 25.7 Å². The van der Waals surface area contributed by atoms with Gasteiger partial charge in [0.25, 0.3) is 0 Å². The van der Waals surface area contributed by atoms with Gasteiger partial charge in [-0.1, -0.05) is 29.8 Å². The van der Waals surface area contributed by atoms with Gasteiger partial charge in [-0.15, -0.1) is 11.3 Å². The molecule has 0 unspecified atom stereocenters. The number of rotatable bonds is 2. The molecule has 4 heteroatoms. The highest BCUT2D eigenvalue weighted by molar-refractivity contribution is 7.13. The van der Waals surface area contributed by atoms with Crippen LogP contribution in [0.1, 0.15) is 34.0 Å². The number of hydrogen-bond donors (Lipinski definition) is 0. The van der Waals surface area contributed by atoms with E-state index >= 15 is 0 Å². The fourth-order valence-electron chi connectivity index (χ4n) is 2.36. The molecule has 3 rings (SSSR count). The van der Waals surface area contributed by atoms with E-state index in [-0.39, 0.29) is 0 Å². The van der Waals surface area contributed by atoms with Crippen molar-refractivity contribution < 1.29 is 0 Å². The van der Waals surface area contributed by atoms with Crippen molar-refractivity contribution in [3.63, 3.8) is 0 Å². The summed E-state index contributed by atoms with van der Waals surface area (Å²) < 4.78 is 0. The van der Waals surface area contributed by atoms with Gasteiger partial charge in [-0.25, -0.2) is 4.98 Å². The second-order valence-electron chi connectivity index (χ2n) is 4.79. The first-order valence-electron chi connectivity index (χ1n) is 6.63. The van der Waals surface area contributed by atoms with Gasteiger partial charge in [0.15, 0.2) is 0 Å². The van der Waals surface area contributed by atoms with Gasteiger partial charge in [-0.05, 0) is 43.4 Å². The molecule has 0 saturated heterocycles. The fourth-order valence-corrected chi connectivity index (χ4v) is 3.66. The molecule has 2 nitrogen and oxygen atoms in total. The van der Waals surface area contributed by atoms with Crippen LogP contribution in [0.5, 0.6) is 0 Å². The van der Waals surface area contributed by atoms with E-state index in [2.05, 4.69) is 11.1 Å². The van der Waals surface area contributed by atoms with E-state index in [9.17, 15) is 5.26 Å². The highest BCUT2D eigenvalue weighted by atomic mass is 35.5. The summed E-state index contributed by atoms with van der Waals surface area (Å²) in [6, 6.07) is 9.79. The lowest BCUT2D eigenvalue weighted by atomic mass is 10.0. The molecule has 100 valence electrons. The molecule has 0 bridgehead atoms. The van der Waals surface area contributed by atoms with Gasteiger partial charge in [0.1, 0.15) is 11.1 Å². The van der Waals surface area contributed by atoms with Crippen molar-refractivity contribution in [2.24, 2.45) is 0 Å². The molecular formula is C16H13ClN2S. The van der Waals surface area contributed by atoms with Crippen LogP contribution in [-0.2, 0) is 12.8 Å². The second-order valence-corrected chi connectivity index (χ2v) is 6.28. The zero-order valence-corrected chi connectivity index (χ0v) is 12.5. The summed E-state index contributed by atoms with van der Waals surface area (Å²) in [5, 5.41) is 10.9. The quantitative estimate of drug-likeness (QED) is 0.751. The minimum absolute atomic E-state index is 0.595. The van der Waals surface area contributed by atoms with Crippen LogP contribution >= 0.6 is 22.9 Å². The van der Waals surface area contributed by atoms with Gasteiger partial charge in [0, 0.05) is 9.90 Å². The topological polar surface area (TPSA) is 36.7 Å². The third-order valence-electron chi connectivity index (χ3n) is 3.40. The number of thiazole rings is 1. The first-order chi connectivity index (χ1) is 9.78. The Kier molecular flexibility index (Phi) is 3.86.